The average Bonchev–Trinajstić information content (AvgIpc) is 2.28. The normalized spacial score (nSPS) is 24.8. The molecule has 6 heteroatoms. The molecule has 0 radical (unpaired) electrons. The Kier molecular flexibility index (Phi) is 5.02. The van der Waals surface area contributed by atoms with Gasteiger partial charge in [0.05, 0.1) is 17.9 Å². The molecular weight excluding hydrogens is 274 g/mol. The van der Waals surface area contributed by atoms with Gasteiger partial charge in [-0.2, -0.15) is 0 Å². The highest BCUT2D eigenvalue weighted by Crippen LogP contribution is 2.37. The fourth-order valence-electron chi connectivity index (χ4n) is 2.03. The van der Waals surface area contributed by atoms with Gasteiger partial charge < -0.3 is 14.8 Å². The predicted molar refractivity (Wildman–Crippen MR) is 80.0 cm³/mol. The van der Waals surface area contributed by atoms with Crippen LogP contribution in [-0.2, 0) is 14.0 Å². The quantitative estimate of drug-likeness (QED) is 0.583. The second kappa shape index (κ2) is 5.85. The Hall–Kier alpha value is -0.883. The van der Waals surface area contributed by atoms with E-state index in [1.165, 1.54) is 0 Å². The number of carboxylic acids is 1. The Balaban J connectivity index is 2.49. The van der Waals surface area contributed by atoms with Crippen LogP contribution in [0, 0.1) is 11.8 Å². The first kappa shape index (κ1) is 17.2. The van der Waals surface area contributed by atoms with Gasteiger partial charge in [0.2, 0.25) is 5.91 Å². The van der Waals surface area contributed by atoms with Crippen molar-refractivity contribution in [2.45, 2.75) is 58.3 Å². The highest BCUT2D eigenvalue weighted by Gasteiger charge is 2.45. The molecule has 0 aromatic rings. The highest BCUT2D eigenvalue weighted by atomic mass is 28.4. The standard InChI is InChI=1S/C14H27NO4Si/c1-9(13(17)18)11-10(12(16)15-11)7-8-19-20(5,6)14(2,3)4/h9-11H,7-8H2,1-6H3,(H,15,16)(H,17,18)/t9-,10+,11-/m1/s1. The number of aliphatic carboxylic acids is 1. The second-order valence-corrected chi connectivity index (χ2v) is 12.0. The average molecular weight is 301 g/mol. The summed E-state index contributed by atoms with van der Waals surface area (Å²) in [5.74, 6) is -1.70. The number of carboxylic acid groups (broad SMARTS) is 1. The van der Waals surface area contributed by atoms with Gasteiger partial charge >= 0.3 is 5.97 Å². The zero-order chi connectivity index (χ0) is 15.7. The van der Waals surface area contributed by atoms with Crippen molar-refractivity contribution in [3.05, 3.63) is 0 Å². The van der Waals surface area contributed by atoms with Gasteiger partial charge in [-0.25, -0.2) is 0 Å². The Morgan fingerprint density at radius 2 is 2.00 bits per heavy atom. The molecule has 1 saturated heterocycles. The molecule has 0 unspecified atom stereocenters. The van der Waals surface area contributed by atoms with Crippen LogP contribution in [-0.4, -0.2) is 37.9 Å². The summed E-state index contributed by atoms with van der Waals surface area (Å²) in [5, 5.41) is 11.8. The van der Waals surface area contributed by atoms with Crippen molar-refractivity contribution in [1.29, 1.82) is 0 Å². The van der Waals surface area contributed by atoms with Crippen LogP contribution < -0.4 is 5.32 Å². The van der Waals surface area contributed by atoms with Gasteiger partial charge in [0, 0.05) is 6.61 Å². The van der Waals surface area contributed by atoms with E-state index < -0.39 is 20.2 Å². The zero-order valence-corrected chi connectivity index (χ0v) is 14.3. The van der Waals surface area contributed by atoms with Gasteiger partial charge in [-0.15, -0.1) is 0 Å². The van der Waals surface area contributed by atoms with Crippen molar-refractivity contribution in [2.75, 3.05) is 6.61 Å². The Morgan fingerprint density at radius 1 is 1.45 bits per heavy atom. The first-order chi connectivity index (χ1) is 8.97. The molecule has 1 fully saturated rings. The fraction of sp³-hybridized carbons (Fsp3) is 0.857. The Morgan fingerprint density at radius 3 is 2.40 bits per heavy atom. The van der Waals surface area contributed by atoms with Crippen molar-refractivity contribution in [3.63, 3.8) is 0 Å². The van der Waals surface area contributed by atoms with E-state index in [0.29, 0.717) is 13.0 Å². The summed E-state index contributed by atoms with van der Waals surface area (Å²) in [5.41, 5.74) is 0. The van der Waals surface area contributed by atoms with Crippen molar-refractivity contribution < 1.29 is 19.1 Å². The summed E-state index contributed by atoms with van der Waals surface area (Å²) in [6.07, 6.45) is 0.598. The van der Waals surface area contributed by atoms with Crippen LogP contribution in [0.25, 0.3) is 0 Å². The van der Waals surface area contributed by atoms with Gasteiger partial charge in [-0.3, -0.25) is 9.59 Å². The highest BCUT2D eigenvalue weighted by molar-refractivity contribution is 6.74. The summed E-state index contributed by atoms with van der Waals surface area (Å²) in [4.78, 5) is 22.5. The summed E-state index contributed by atoms with van der Waals surface area (Å²) >= 11 is 0. The topological polar surface area (TPSA) is 75.6 Å². The predicted octanol–water partition coefficient (Wildman–Crippen LogP) is 2.23. The monoisotopic (exact) mass is 301 g/mol. The Bertz CT molecular complexity index is 389. The number of amides is 1. The molecule has 0 bridgehead atoms. The van der Waals surface area contributed by atoms with E-state index in [-0.39, 0.29) is 22.9 Å². The lowest BCUT2D eigenvalue weighted by Gasteiger charge is -2.41. The molecule has 1 heterocycles. The van der Waals surface area contributed by atoms with E-state index in [9.17, 15) is 9.59 Å². The van der Waals surface area contributed by atoms with E-state index in [4.69, 9.17) is 9.53 Å². The lowest BCUT2D eigenvalue weighted by atomic mass is 9.80. The first-order valence-corrected chi connectivity index (χ1v) is 10.1. The van der Waals surface area contributed by atoms with Crippen LogP contribution in [0.2, 0.25) is 18.1 Å². The number of rotatable bonds is 6. The maximum absolute atomic E-state index is 11.6. The zero-order valence-electron chi connectivity index (χ0n) is 13.3. The molecule has 116 valence electrons. The van der Waals surface area contributed by atoms with Crippen molar-refractivity contribution >= 4 is 20.2 Å². The molecule has 0 aromatic carbocycles. The van der Waals surface area contributed by atoms with Crippen molar-refractivity contribution in [3.8, 4) is 0 Å². The maximum Gasteiger partial charge on any atom is 0.308 e. The number of β-lactam (4-membered cyclic amide) rings is 1. The minimum atomic E-state index is -1.80. The third kappa shape index (κ3) is 3.61. The molecule has 1 rings (SSSR count). The number of hydrogen-bond donors (Lipinski definition) is 2. The molecular formula is C14H27NO4Si. The number of carbonyl (C=O) groups is 2. The molecule has 0 aliphatic carbocycles. The molecule has 1 aliphatic rings. The molecule has 1 amide bonds. The van der Waals surface area contributed by atoms with E-state index in [1.807, 2.05) is 0 Å². The van der Waals surface area contributed by atoms with E-state index in [1.54, 1.807) is 6.92 Å². The summed E-state index contributed by atoms with van der Waals surface area (Å²) < 4.78 is 6.05. The van der Waals surface area contributed by atoms with Gasteiger partial charge in [-0.05, 0) is 31.5 Å². The smallest absolute Gasteiger partial charge is 0.308 e. The molecule has 3 atom stereocenters. The number of carbonyl (C=O) groups excluding carboxylic acids is 1. The molecule has 5 nitrogen and oxygen atoms in total. The van der Waals surface area contributed by atoms with Crippen LogP contribution in [0.15, 0.2) is 0 Å². The number of hydrogen-bond acceptors (Lipinski definition) is 3. The fourth-order valence-corrected chi connectivity index (χ4v) is 3.10. The second-order valence-electron chi connectivity index (χ2n) is 7.17. The third-order valence-electron chi connectivity index (χ3n) is 4.71. The van der Waals surface area contributed by atoms with Gasteiger partial charge in [0.1, 0.15) is 0 Å². The lowest BCUT2D eigenvalue weighted by molar-refractivity contribution is -0.148. The van der Waals surface area contributed by atoms with Crippen LogP contribution in [0.4, 0.5) is 0 Å². The van der Waals surface area contributed by atoms with Crippen LogP contribution in [0.5, 0.6) is 0 Å². The van der Waals surface area contributed by atoms with Crippen LogP contribution >= 0.6 is 0 Å². The SMILES string of the molecule is C[C@@H](C(=O)O)[C@H]1NC(=O)[C@H]1CCO[Si](C)(C)C(C)(C)C. The van der Waals surface area contributed by atoms with Crippen LogP contribution in [0.1, 0.15) is 34.1 Å². The molecule has 1 aliphatic heterocycles. The summed E-state index contributed by atoms with van der Waals surface area (Å²) in [7, 11) is -1.80. The Labute approximate surface area is 122 Å². The van der Waals surface area contributed by atoms with Gasteiger partial charge in [0.15, 0.2) is 8.32 Å². The molecule has 0 saturated carbocycles. The molecule has 0 spiro atoms. The summed E-state index contributed by atoms with van der Waals surface area (Å²) in [6.45, 7) is 13.0. The largest absolute Gasteiger partial charge is 0.481 e. The van der Waals surface area contributed by atoms with E-state index >= 15 is 0 Å². The van der Waals surface area contributed by atoms with Gasteiger partial charge in [-0.1, -0.05) is 20.8 Å². The lowest BCUT2D eigenvalue weighted by Crippen LogP contribution is -2.62. The van der Waals surface area contributed by atoms with Gasteiger partial charge in [0.25, 0.3) is 0 Å². The van der Waals surface area contributed by atoms with Crippen molar-refractivity contribution in [2.24, 2.45) is 11.8 Å². The maximum atomic E-state index is 11.6. The minimum Gasteiger partial charge on any atom is -0.481 e. The molecule has 2 N–H and O–H groups in total. The minimum absolute atomic E-state index is 0.0538. The number of nitrogens with one attached hydrogen (secondary N) is 1. The molecule has 0 aromatic heterocycles. The summed E-state index contributed by atoms with van der Waals surface area (Å²) in [6, 6.07) is -0.261. The van der Waals surface area contributed by atoms with E-state index in [0.717, 1.165) is 0 Å². The van der Waals surface area contributed by atoms with E-state index in [2.05, 4.69) is 39.2 Å². The third-order valence-corrected chi connectivity index (χ3v) is 9.24. The molecule has 20 heavy (non-hydrogen) atoms. The van der Waals surface area contributed by atoms with Crippen LogP contribution in [0.3, 0.4) is 0 Å². The first-order valence-electron chi connectivity index (χ1n) is 7.14. The van der Waals surface area contributed by atoms with Crippen molar-refractivity contribution in [1.82, 2.24) is 5.32 Å².